The fourth-order valence-corrected chi connectivity index (χ4v) is 2.32. The van der Waals surface area contributed by atoms with E-state index >= 15 is 0 Å². The third kappa shape index (κ3) is 3.69. The molecule has 0 saturated carbocycles. The summed E-state index contributed by atoms with van der Waals surface area (Å²) in [5, 5.41) is 4.84. The normalized spacial score (nSPS) is 11.1. The Morgan fingerprint density at radius 1 is 1.36 bits per heavy atom. The van der Waals surface area contributed by atoms with Crippen LogP contribution in [0.5, 0.6) is 5.75 Å². The first-order valence-corrected chi connectivity index (χ1v) is 8.88. The van der Waals surface area contributed by atoms with Crippen molar-refractivity contribution in [2.75, 3.05) is 39.1 Å². The number of rotatable bonds is 7. The van der Waals surface area contributed by atoms with Crippen LogP contribution in [0.4, 0.5) is 0 Å². The van der Waals surface area contributed by atoms with Crippen LogP contribution in [0.25, 0.3) is 11.0 Å². The molecule has 2 aromatic rings. The Morgan fingerprint density at radius 2 is 2.14 bits per heavy atom. The standard InChI is InChI=1S/C14H20N3O4S/c1-19-10-7-11-12(14(18)20-2)16-17(13(11)15-8-10)9-21-5-6-22(3)4/h7-8H,5-6,9H2,1-4H3/q+1. The van der Waals surface area contributed by atoms with Crippen LogP contribution in [-0.2, 0) is 27.1 Å². The van der Waals surface area contributed by atoms with Gasteiger partial charge in [-0.05, 0) is 17.0 Å². The highest BCUT2D eigenvalue weighted by Crippen LogP contribution is 2.22. The highest BCUT2D eigenvalue weighted by molar-refractivity contribution is 7.95. The van der Waals surface area contributed by atoms with Gasteiger partial charge in [0.25, 0.3) is 0 Å². The zero-order valence-corrected chi connectivity index (χ0v) is 14.0. The first kappa shape index (κ1) is 16.6. The lowest BCUT2D eigenvalue weighted by atomic mass is 10.2. The third-order valence-electron chi connectivity index (χ3n) is 3.03. The minimum absolute atomic E-state index is 0.207. The monoisotopic (exact) mass is 326 g/mol. The van der Waals surface area contributed by atoms with Crippen LogP contribution in [0.3, 0.4) is 0 Å². The molecule has 0 atom stereocenters. The summed E-state index contributed by atoms with van der Waals surface area (Å²) in [5.74, 6) is 1.03. The van der Waals surface area contributed by atoms with Gasteiger partial charge in [-0.2, -0.15) is 5.10 Å². The molecule has 2 heterocycles. The summed E-state index contributed by atoms with van der Waals surface area (Å²) >= 11 is 0. The second-order valence-electron chi connectivity index (χ2n) is 4.81. The van der Waals surface area contributed by atoms with Gasteiger partial charge in [0, 0.05) is 0 Å². The van der Waals surface area contributed by atoms with Crippen LogP contribution < -0.4 is 4.74 Å². The molecule has 0 bridgehead atoms. The fourth-order valence-electron chi connectivity index (χ4n) is 1.87. The van der Waals surface area contributed by atoms with Gasteiger partial charge in [0.1, 0.15) is 18.2 Å². The minimum atomic E-state index is -0.512. The zero-order chi connectivity index (χ0) is 16.1. The van der Waals surface area contributed by atoms with Gasteiger partial charge in [0.2, 0.25) is 0 Å². The number of nitrogens with zero attached hydrogens (tertiary/aromatic N) is 3. The van der Waals surface area contributed by atoms with Crippen molar-refractivity contribution in [2.24, 2.45) is 0 Å². The molecule has 22 heavy (non-hydrogen) atoms. The van der Waals surface area contributed by atoms with Crippen LogP contribution in [0.1, 0.15) is 10.5 Å². The molecule has 2 rings (SSSR count). The predicted molar refractivity (Wildman–Crippen MR) is 85.5 cm³/mol. The van der Waals surface area contributed by atoms with Crippen molar-refractivity contribution in [1.82, 2.24) is 14.8 Å². The highest BCUT2D eigenvalue weighted by Gasteiger charge is 2.19. The van der Waals surface area contributed by atoms with Crippen LogP contribution in [0.15, 0.2) is 12.3 Å². The van der Waals surface area contributed by atoms with E-state index in [1.165, 1.54) is 7.11 Å². The number of ether oxygens (including phenoxy) is 3. The molecule has 2 aromatic heterocycles. The molecule has 0 unspecified atom stereocenters. The number of carbonyl (C=O) groups excluding carboxylic acids is 1. The largest absolute Gasteiger partial charge is 0.495 e. The first-order chi connectivity index (χ1) is 10.6. The SMILES string of the molecule is COC(=O)c1nn(COCC[S+](C)C)c2ncc(OC)cc12. The molecule has 0 radical (unpaired) electrons. The van der Waals surface area contributed by atoms with Gasteiger partial charge in [0.05, 0.1) is 44.9 Å². The summed E-state index contributed by atoms with van der Waals surface area (Å²) in [6.45, 7) is 0.880. The topological polar surface area (TPSA) is 75.5 Å². The number of aromatic nitrogens is 3. The van der Waals surface area contributed by atoms with E-state index in [0.717, 1.165) is 5.75 Å². The van der Waals surface area contributed by atoms with Crippen LogP contribution in [0.2, 0.25) is 0 Å². The maximum Gasteiger partial charge on any atom is 0.359 e. The smallest absolute Gasteiger partial charge is 0.359 e. The molecule has 0 aliphatic carbocycles. The van der Waals surface area contributed by atoms with Crippen molar-refractivity contribution >= 4 is 27.9 Å². The lowest BCUT2D eigenvalue weighted by Crippen LogP contribution is -2.13. The van der Waals surface area contributed by atoms with Gasteiger partial charge in [-0.1, -0.05) is 0 Å². The molecule has 8 heteroatoms. The Morgan fingerprint density at radius 3 is 2.77 bits per heavy atom. The quantitative estimate of drug-likeness (QED) is 0.430. The van der Waals surface area contributed by atoms with Crippen molar-refractivity contribution in [3.05, 3.63) is 18.0 Å². The molecular formula is C14H20N3O4S+. The molecule has 0 aromatic carbocycles. The molecule has 120 valence electrons. The van der Waals surface area contributed by atoms with Crippen LogP contribution >= 0.6 is 0 Å². The van der Waals surface area contributed by atoms with E-state index in [4.69, 9.17) is 14.2 Å². The van der Waals surface area contributed by atoms with E-state index in [1.54, 1.807) is 24.1 Å². The minimum Gasteiger partial charge on any atom is -0.495 e. The number of methoxy groups -OCH3 is 2. The lowest BCUT2D eigenvalue weighted by Gasteiger charge is -2.04. The number of pyridine rings is 1. The van der Waals surface area contributed by atoms with E-state index in [2.05, 4.69) is 22.6 Å². The van der Waals surface area contributed by atoms with E-state index in [-0.39, 0.29) is 12.4 Å². The summed E-state index contributed by atoms with van der Waals surface area (Å²) < 4.78 is 17.1. The first-order valence-electron chi connectivity index (χ1n) is 6.67. The molecule has 0 fully saturated rings. The summed E-state index contributed by atoms with van der Waals surface area (Å²) in [4.78, 5) is 16.1. The Balaban J connectivity index is 2.28. The number of carbonyl (C=O) groups is 1. The van der Waals surface area contributed by atoms with Crippen molar-refractivity contribution in [3.8, 4) is 5.75 Å². The van der Waals surface area contributed by atoms with Gasteiger partial charge in [-0.15, -0.1) is 0 Å². The Labute approximate surface area is 131 Å². The van der Waals surface area contributed by atoms with Gasteiger partial charge >= 0.3 is 5.97 Å². The summed E-state index contributed by atoms with van der Waals surface area (Å²) in [5.41, 5.74) is 0.770. The second kappa shape index (κ2) is 7.46. The fraction of sp³-hybridized carbons (Fsp3) is 0.500. The number of esters is 1. The summed E-state index contributed by atoms with van der Waals surface area (Å²) in [6.07, 6.45) is 5.91. The molecule has 0 aliphatic rings. The van der Waals surface area contributed by atoms with Crippen LogP contribution in [-0.4, -0.2) is 59.8 Å². The van der Waals surface area contributed by atoms with Crippen molar-refractivity contribution < 1.29 is 19.0 Å². The Kier molecular flexibility index (Phi) is 5.62. The molecule has 0 spiro atoms. The predicted octanol–water partition coefficient (Wildman–Crippen LogP) is 1.08. The van der Waals surface area contributed by atoms with Gasteiger partial charge < -0.3 is 14.2 Å². The van der Waals surface area contributed by atoms with Gasteiger partial charge in [-0.25, -0.2) is 14.5 Å². The number of hydrogen-bond donors (Lipinski definition) is 0. The highest BCUT2D eigenvalue weighted by atomic mass is 32.2. The van der Waals surface area contributed by atoms with E-state index < -0.39 is 5.97 Å². The molecule has 0 N–H and O–H groups in total. The number of fused-ring (bicyclic) bond motifs is 1. The molecular weight excluding hydrogens is 306 g/mol. The van der Waals surface area contributed by atoms with E-state index in [1.807, 2.05) is 0 Å². The maximum absolute atomic E-state index is 11.9. The number of hydrogen-bond acceptors (Lipinski definition) is 6. The maximum atomic E-state index is 11.9. The third-order valence-corrected chi connectivity index (χ3v) is 4.01. The summed E-state index contributed by atoms with van der Waals surface area (Å²) in [6, 6.07) is 1.72. The van der Waals surface area contributed by atoms with Crippen molar-refractivity contribution in [1.29, 1.82) is 0 Å². The summed E-state index contributed by atoms with van der Waals surface area (Å²) in [7, 11) is 3.19. The zero-order valence-electron chi connectivity index (χ0n) is 13.2. The lowest BCUT2D eigenvalue weighted by molar-refractivity contribution is 0.0586. The average molecular weight is 326 g/mol. The van der Waals surface area contributed by atoms with Gasteiger partial charge in [0.15, 0.2) is 11.3 Å². The second-order valence-corrected chi connectivity index (χ2v) is 7.19. The average Bonchev–Trinajstić information content (AvgIpc) is 2.88. The molecule has 7 nitrogen and oxygen atoms in total. The van der Waals surface area contributed by atoms with Crippen LogP contribution in [0, 0.1) is 0 Å². The molecule has 0 amide bonds. The van der Waals surface area contributed by atoms with E-state index in [0.29, 0.717) is 34.3 Å². The van der Waals surface area contributed by atoms with Crippen molar-refractivity contribution in [3.63, 3.8) is 0 Å². The van der Waals surface area contributed by atoms with Gasteiger partial charge in [-0.3, -0.25) is 0 Å². The Bertz CT molecular complexity index is 657. The van der Waals surface area contributed by atoms with E-state index in [9.17, 15) is 4.79 Å². The van der Waals surface area contributed by atoms with Crippen molar-refractivity contribution in [2.45, 2.75) is 6.73 Å². The molecule has 0 saturated heterocycles. The molecule has 0 aliphatic heterocycles. The Hall–Kier alpha value is -1.80.